The third kappa shape index (κ3) is 3.89. The highest BCUT2D eigenvalue weighted by Gasteiger charge is 2.14. The van der Waals surface area contributed by atoms with Gasteiger partial charge in [0.05, 0.1) is 13.2 Å². The molecule has 1 aliphatic heterocycles. The number of carbonyl (C=O) groups is 1. The predicted octanol–water partition coefficient (Wildman–Crippen LogP) is 3.80. The summed E-state index contributed by atoms with van der Waals surface area (Å²) in [5, 5.41) is 4.29. The number of morpholine rings is 1. The first-order valence-electron chi connectivity index (χ1n) is 9.48. The molecule has 5 nitrogen and oxygen atoms in total. The van der Waals surface area contributed by atoms with Crippen LogP contribution in [0.3, 0.4) is 0 Å². The lowest BCUT2D eigenvalue weighted by atomic mass is 9.96. The SMILES string of the molecule is Cc1c(NC(=O)CCN2CCOCC2)cccc1-c1cccc2[nH]ccc12. The fraction of sp³-hybridized carbons (Fsp3) is 0.318. The molecule has 27 heavy (non-hydrogen) atoms. The van der Waals surface area contributed by atoms with E-state index in [2.05, 4.69) is 52.5 Å². The minimum Gasteiger partial charge on any atom is -0.379 e. The van der Waals surface area contributed by atoms with Crippen LogP contribution in [0.15, 0.2) is 48.7 Å². The maximum atomic E-state index is 12.5. The van der Waals surface area contributed by atoms with Crippen molar-refractivity contribution in [1.29, 1.82) is 0 Å². The summed E-state index contributed by atoms with van der Waals surface area (Å²) in [5.74, 6) is 0.0570. The number of ether oxygens (including phenoxy) is 1. The summed E-state index contributed by atoms with van der Waals surface area (Å²) in [5.41, 5.74) is 5.41. The topological polar surface area (TPSA) is 57.4 Å². The summed E-state index contributed by atoms with van der Waals surface area (Å²) < 4.78 is 5.35. The van der Waals surface area contributed by atoms with Crippen molar-refractivity contribution in [2.75, 3.05) is 38.2 Å². The van der Waals surface area contributed by atoms with Gasteiger partial charge in [0.15, 0.2) is 0 Å². The molecule has 1 fully saturated rings. The second-order valence-corrected chi connectivity index (χ2v) is 6.97. The minimum absolute atomic E-state index is 0.0570. The van der Waals surface area contributed by atoms with Crippen LogP contribution in [0.1, 0.15) is 12.0 Å². The molecule has 5 heteroatoms. The Hall–Kier alpha value is -2.63. The van der Waals surface area contributed by atoms with E-state index in [0.717, 1.165) is 55.2 Å². The van der Waals surface area contributed by atoms with Crippen molar-refractivity contribution in [3.05, 3.63) is 54.2 Å². The standard InChI is InChI=1S/C22H25N3O2/c1-16-17(18-5-3-7-21-19(18)8-10-23-21)4-2-6-20(16)24-22(26)9-11-25-12-14-27-15-13-25/h2-8,10,23H,9,11-15H2,1H3,(H,24,26). The highest BCUT2D eigenvalue weighted by atomic mass is 16.5. The van der Waals surface area contributed by atoms with E-state index in [0.29, 0.717) is 6.42 Å². The number of nitrogens with one attached hydrogen (secondary N) is 2. The van der Waals surface area contributed by atoms with Gasteiger partial charge in [-0.05, 0) is 41.8 Å². The Balaban J connectivity index is 1.50. The number of carbonyl (C=O) groups excluding carboxylic acids is 1. The molecule has 140 valence electrons. The Morgan fingerprint density at radius 1 is 1.11 bits per heavy atom. The number of fused-ring (bicyclic) bond motifs is 1. The van der Waals surface area contributed by atoms with Crippen molar-refractivity contribution in [2.45, 2.75) is 13.3 Å². The second-order valence-electron chi connectivity index (χ2n) is 6.97. The van der Waals surface area contributed by atoms with Crippen molar-refractivity contribution in [3.63, 3.8) is 0 Å². The summed E-state index contributed by atoms with van der Waals surface area (Å²) in [6.45, 7) is 6.17. The highest BCUT2D eigenvalue weighted by molar-refractivity contribution is 5.98. The highest BCUT2D eigenvalue weighted by Crippen LogP contribution is 2.33. The van der Waals surface area contributed by atoms with Gasteiger partial charge in [-0.25, -0.2) is 0 Å². The van der Waals surface area contributed by atoms with Crippen LogP contribution in [0.2, 0.25) is 0 Å². The van der Waals surface area contributed by atoms with Gasteiger partial charge >= 0.3 is 0 Å². The Morgan fingerprint density at radius 2 is 1.89 bits per heavy atom. The molecule has 0 atom stereocenters. The molecular weight excluding hydrogens is 338 g/mol. The van der Waals surface area contributed by atoms with E-state index < -0.39 is 0 Å². The largest absolute Gasteiger partial charge is 0.379 e. The van der Waals surface area contributed by atoms with Gasteiger partial charge in [0.2, 0.25) is 5.91 Å². The summed E-state index contributed by atoms with van der Waals surface area (Å²) in [7, 11) is 0. The van der Waals surface area contributed by atoms with Crippen molar-refractivity contribution in [3.8, 4) is 11.1 Å². The molecule has 1 saturated heterocycles. The number of aromatic nitrogens is 1. The predicted molar refractivity (Wildman–Crippen MR) is 109 cm³/mol. The van der Waals surface area contributed by atoms with Crippen LogP contribution in [0, 0.1) is 6.92 Å². The molecule has 0 radical (unpaired) electrons. The first-order chi connectivity index (χ1) is 13.2. The zero-order valence-corrected chi connectivity index (χ0v) is 15.6. The lowest BCUT2D eigenvalue weighted by molar-refractivity contribution is -0.116. The van der Waals surface area contributed by atoms with E-state index >= 15 is 0 Å². The van der Waals surface area contributed by atoms with E-state index in [1.165, 1.54) is 10.9 Å². The van der Waals surface area contributed by atoms with E-state index in [4.69, 9.17) is 4.74 Å². The van der Waals surface area contributed by atoms with Crippen LogP contribution in [0.4, 0.5) is 5.69 Å². The zero-order chi connectivity index (χ0) is 18.6. The summed E-state index contributed by atoms with van der Waals surface area (Å²) >= 11 is 0. The molecule has 3 aromatic rings. The fourth-order valence-corrected chi connectivity index (χ4v) is 3.68. The van der Waals surface area contributed by atoms with Crippen LogP contribution >= 0.6 is 0 Å². The molecule has 2 N–H and O–H groups in total. The Kier molecular flexibility index (Phi) is 5.23. The molecule has 1 amide bonds. The normalized spacial score (nSPS) is 15.1. The number of rotatable bonds is 5. The summed E-state index contributed by atoms with van der Waals surface area (Å²) in [4.78, 5) is 18.0. The Bertz CT molecular complexity index is 942. The van der Waals surface area contributed by atoms with E-state index in [1.807, 2.05) is 18.3 Å². The molecular formula is C22H25N3O2. The number of hydrogen-bond donors (Lipinski definition) is 2. The lowest BCUT2D eigenvalue weighted by Crippen LogP contribution is -2.38. The Morgan fingerprint density at radius 3 is 2.74 bits per heavy atom. The summed E-state index contributed by atoms with van der Waals surface area (Å²) in [6.07, 6.45) is 2.46. The van der Waals surface area contributed by atoms with Crippen LogP contribution in [0.25, 0.3) is 22.0 Å². The third-order valence-corrected chi connectivity index (χ3v) is 5.25. The molecule has 0 aliphatic carbocycles. The van der Waals surface area contributed by atoms with E-state index in [9.17, 15) is 4.79 Å². The van der Waals surface area contributed by atoms with Crippen molar-refractivity contribution >= 4 is 22.5 Å². The molecule has 1 aromatic heterocycles. The van der Waals surface area contributed by atoms with Crippen LogP contribution in [-0.4, -0.2) is 48.6 Å². The number of amides is 1. The van der Waals surface area contributed by atoms with Gasteiger partial charge in [0.25, 0.3) is 0 Å². The number of benzene rings is 2. The smallest absolute Gasteiger partial charge is 0.225 e. The van der Waals surface area contributed by atoms with Gasteiger partial charge < -0.3 is 15.0 Å². The third-order valence-electron chi connectivity index (χ3n) is 5.25. The zero-order valence-electron chi connectivity index (χ0n) is 15.6. The number of aromatic amines is 1. The van der Waals surface area contributed by atoms with Gasteiger partial charge in [-0.1, -0.05) is 24.3 Å². The van der Waals surface area contributed by atoms with E-state index in [1.54, 1.807) is 0 Å². The average molecular weight is 363 g/mol. The van der Waals surface area contributed by atoms with Gasteiger partial charge in [0, 0.05) is 48.8 Å². The maximum absolute atomic E-state index is 12.5. The molecule has 1 aliphatic rings. The van der Waals surface area contributed by atoms with Gasteiger partial charge in [-0.15, -0.1) is 0 Å². The number of hydrogen-bond acceptors (Lipinski definition) is 3. The molecule has 4 rings (SSSR count). The minimum atomic E-state index is 0.0570. The van der Waals surface area contributed by atoms with E-state index in [-0.39, 0.29) is 5.91 Å². The van der Waals surface area contributed by atoms with Crippen LogP contribution in [0.5, 0.6) is 0 Å². The van der Waals surface area contributed by atoms with Gasteiger partial charge in [-0.2, -0.15) is 0 Å². The number of anilines is 1. The molecule has 0 spiro atoms. The Labute approximate surface area is 159 Å². The molecule has 2 aromatic carbocycles. The lowest BCUT2D eigenvalue weighted by Gasteiger charge is -2.26. The number of nitrogens with zero attached hydrogens (tertiary/aromatic N) is 1. The van der Waals surface area contributed by atoms with Gasteiger partial charge in [0.1, 0.15) is 0 Å². The van der Waals surface area contributed by atoms with Crippen molar-refractivity contribution < 1.29 is 9.53 Å². The molecule has 0 unspecified atom stereocenters. The molecule has 0 saturated carbocycles. The number of H-pyrrole nitrogens is 1. The van der Waals surface area contributed by atoms with Crippen molar-refractivity contribution in [1.82, 2.24) is 9.88 Å². The second kappa shape index (κ2) is 7.94. The fourth-order valence-electron chi connectivity index (χ4n) is 3.68. The van der Waals surface area contributed by atoms with Crippen molar-refractivity contribution in [2.24, 2.45) is 0 Å². The summed E-state index contributed by atoms with van der Waals surface area (Å²) in [6, 6.07) is 14.4. The maximum Gasteiger partial charge on any atom is 0.225 e. The van der Waals surface area contributed by atoms with Crippen LogP contribution in [-0.2, 0) is 9.53 Å². The van der Waals surface area contributed by atoms with Gasteiger partial charge in [-0.3, -0.25) is 9.69 Å². The quantitative estimate of drug-likeness (QED) is 0.725. The van der Waals surface area contributed by atoms with Crippen LogP contribution < -0.4 is 5.32 Å². The average Bonchev–Trinajstić information content (AvgIpc) is 3.18. The molecule has 0 bridgehead atoms. The first-order valence-corrected chi connectivity index (χ1v) is 9.48. The first kappa shape index (κ1) is 17.8. The molecule has 2 heterocycles. The monoisotopic (exact) mass is 363 g/mol.